The van der Waals surface area contributed by atoms with Crippen LogP contribution in [0, 0.1) is 5.92 Å². The highest BCUT2D eigenvalue weighted by molar-refractivity contribution is 6.02. The zero-order valence-electron chi connectivity index (χ0n) is 33.6. The van der Waals surface area contributed by atoms with Crippen LogP contribution in [0.2, 0.25) is 0 Å². The summed E-state index contributed by atoms with van der Waals surface area (Å²) >= 11 is 0. The van der Waals surface area contributed by atoms with Crippen LogP contribution in [0.15, 0.2) is 72.9 Å². The Kier molecular flexibility index (Phi) is 14.8. The molecule has 0 aliphatic carbocycles. The Morgan fingerprint density at radius 2 is 1.61 bits per heavy atom. The van der Waals surface area contributed by atoms with Gasteiger partial charge in [-0.3, -0.25) is 24.0 Å². The Morgan fingerprint density at radius 3 is 2.31 bits per heavy atom. The molecule has 59 heavy (non-hydrogen) atoms. The van der Waals surface area contributed by atoms with Gasteiger partial charge in [-0.05, 0) is 56.0 Å². The number of hydrogen-bond acceptors (Lipinski definition) is 12. The first-order valence-corrected chi connectivity index (χ1v) is 19.1. The molecule has 5 amide bonds. The van der Waals surface area contributed by atoms with Crippen molar-refractivity contribution in [3.63, 3.8) is 0 Å². The van der Waals surface area contributed by atoms with Crippen LogP contribution in [0.1, 0.15) is 59.9 Å². The summed E-state index contributed by atoms with van der Waals surface area (Å²) in [4.78, 5) is 78.4. The topological polar surface area (TPSA) is 236 Å². The summed E-state index contributed by atoms with van der Waals surface area (Å²) in [5.74, 6) is -2.34. The predicted molar refractivity (Wildman–Crippen MR) is 218 cm³/mol. The van der Waals surface area contributed by atoms with E-state index in [1.54, 1.807) is 68.4 Å². The molecule has 0 radical (unpaired) electrons. The normalized spacial score (nSPS) is 17.9. The summed E-state index contributed by atoms with van der Waals surface area (Å²) in [5, 5.41) is 21.6. The van der Waals surface area contributed by atoms with Crippen LogP contribution in [0.5, 0.6) is 23.0 Å². The zero-order valence-corrected chi connectivity index (χ0v) is 33.6. The number of ether oxygens (including phenoxy) is 3. The number of aromatic nitrogens is 2. The lowest BCUT2D eigenvalue weighted by molar-refractivity contribution is -0.135. The Balaban J connectivity index is 1.49. The third kappa shape index (κ3) is 11.0. The van der Waals surface area contributed by atoms with Crippen LogP contribution in [0.3, 0.4) is 0 Å². The van der Waals surface area contributed by atoms with Gasteiger partial charge in [-0.25, -0.2) is 9.97 Å². The lowest BCUT2D eigenvalue weighted by atomic mass is 10.0. The summed E-state index contributed by atoms with van der Waals surface area (Å²) < 4.78 is 17.4. The van der Waals surface area contributed by atoms with Gasteiger partial charge in [-0.15, -0.1) is 0 Å². The molecule has 312 valence electrons. The second kappa shape index (κ2) is 20.1. The van der Waals surface area contributed by atoms with E-state index >= 15 is 0 Å². The fourth-order valence-electron chi connectivity index (χ4n) is 6.41. The molecule has 1 aliphatic heterocycles. The highest BCUT2D eigenvalue weighted by Crippen LogP contribution is 2.37. The van der Waals surface area contributed by atoms with Crippen molar-refractivity contribution in [2.45, 2.75) is 58.3 Å². The second-order valence-corrected chi connectivity index (χ2v) is 14.2. The van der Waals surface area contributed by atoms with E-state index in [1.165, 1.54) is 38.3 Å². The van der Waals surface area contributed by atoms with Crippen molar-refractivity contribution in [2.75, 3.05) is 39.6 Å². The maximum Gasteiger partial charge on any atom is 0.258 e. The lowest BCUT2D eigenvalue weighted by Crippen LogP contribution is -2.59. The zero-order chi connectivity index (χ0) is 42.6. The first-order valence-electron chi connectivity index (χ1n) is 19.1. The Bertz CT molecular complexity index is 2150. The molecule has 17 heteroatoms. The van der Waals surface area contributed by atoms with Gasteiger partial charge in [0.05, 0.1) is 50.2 Å². The Hall–Kier alpha value is -6.75. The fraction of sp³-hybridized carbons (Fsp3) is 0.357. The fourth-order valence-corrected chi connectivity index (χ4v) is 6.41. The highest BCUT2D eigenvalue weighted by atomic mass is 16.5. The van der Waals surface area contributed by atoms with Crippen LogP contribution >= 0.6 is 0 Å². The van der Waals surface area contributed by atoms with E-state index in [2.05, 4.69) is 31.2 Å². The van der Waals surface area contributed by atoms with Crippen molar-refractivity contribution >= 4 is 35.5 Å². The smallest absolute Gasteiger partial charge is 0.258 e. The van der Waals surface area contributed by atoms with Gasteiger partial charge in [-0.2, -0.15) is 0 Å². The summed E-state index contributed by atoms with van der Waals surface area (Å²) in [6.07, 6.45) is 0.649. The SMILES string of the molecule is COc1ccc2cc1Oc1cccc(OC)c1CNC(=O)[C@@H](C(C)C)NC(=O)[C@H]([C@@H](C)O)NC(=O)CN(C(=O)c1cnc(N)nc1-c1ccccc1)CCCCNC2=O. The number of methoxy groups -OCH3 is 2. The van der Waals surface area contributed by atoms with Gasteiger partial charge in [0, 0.05) is 30.4 Å². The average Bonchev–Trinajstić information content (AvgIpc) is 3.22. The third-order valence-electron chi connectivity index (χ3n) is 9.57. The van der Waals surface area contributed by atoms with Gasteiger partial charge in [0.2, 0.25) is 23.7 Å². The molecule has 3 aromatic carbocycles. The van der Waals surface area contributed by atoms with E-state index in [0.29, 0.717) is 41.2 Å². The molecule has 2 heterocycles. The molecule has 0 unspecified atom stereocenters. The van der Waals surface area contributed by atoms with E-state index in [1.807, 2.05) is 6.07 Å². The number of nitrogens with two attached hydrogens (primary N) is 1. The van der Waals surface area contributed by atoms with E-state index in [4.69, 9.17) is 19.9 Å². The first-order chi connectivity index (χ1) is 28.3. The summed E-state index contributed by atoms with van der Waals surface area (Å²) in [7, 11) is 2.94. The number of nitrogens with zero attached hydrogens (tertiary/aromatic N) is 3. The number of anilines is 1. The van der Waals surface area contributed by atoms with Gasteiger partial charge in [0.15, 0.2) is 11.5 Å². The van der Waals surface area contributed by atoms with Gasteiger partial charge >= 0.3 is 0 Å². The molecule has 7 N–H and O–H groups in total. The minimum atomic E-state index is -1.50. The first kappa shape index (κ1) is 43.4. The highest BCUT2D eigenvalue weighted by Gasteiger charge is 2.33. The quantitative estimate of drug-likeness (QED) is 0.165. The largest absolute Gasteiger partial charge is 0.496 e. The molecule has 2 bridgehead atoms. The van der Waals surface area contributed by atoms with E-state index in [0.717, 1.165) is 0 Å². The molecule has 5 rings (SSSR count). The predicted octanol–water partition coefficient (Wildman–Crippen LogP) is 2.82. The van der Waals surface area contributed by atoms with E-state index in [9.17, 15) is 29.1 Å². The maximum absolute atomic E-state index is 14.2. The molecule has 1 aromatic heterocycles. The van der Waals surface area contributed by atoms with Gasteiger partial charge < -0.3 is 51.2 Å². The van der Waals surface area contributed by atoms with Crippen LogP contribution < -0.4 is 41.2 Å². The maximum atomic E-state index is 14.2. The molecule has 0 saturated carbocycles. The van der Waals surface area contributed by atoms with E-state index < -0.39 is 60.2 Å². The number of carbonyl (C=O) groups excluding carboxylic acids is 5. The molecular weight excluding hydrogens is 761 g/mol. The molecule has 17 nitrogen and oxygen atoms in total. The number of nitrogens with one attached hydrogen (secondary N) is 4. The third-order valence-corrected chi connectivity index (χ3v) is 9.57. The summed E-state index contributed by atoms with van der Waals surface area (Å²) in [5.41, 5.74) is 7.59. The lowest BCUT2D eigenvalue weighted by Gasteiger charge is -2.28. The van der Waals surface area contributed by atoms with E-state index in [-0.39, 0.29) is 48.2 Å². The Morgan fingerprint density at radius 1 is 0.864 bits per heavy atom. The van der Waals surface area contributed by atoms with Crippen LogP contribution in [0.25, 0.3) is 11.3 Å². The van der Waals surface area contributed by atoms with Crippen LogP contribution in [-0.4, -0.2) is 102 Å². The standard InChI is InChI=1S/C42H50N8O9/c1-24(2)35-39(54)45-21-28-30(57-4)14-11-15-31(28)59-33-20-27(16-17-32(33)58-5)38(53)44-18-9-10-19-50(23-34(52)47-36(25(3)51)40(55)48-35)41(56)29-22-46-42(43)49-37(29)26-12-7-6-8-13-26/h6-8,11-17,20,22,24-25,35-36,51H,9-10,18-19,21,23H2,1-5H3,(H,44,53)(H,45,54)(H,47,52)(H,48,55)(H2,43,46,49)/t25-,35-,36+/m1/s1. The molecule has 0 saturated heterocycles. The van der Waals surface area contributed by atoms with Crippen LogP contribution in [0.4, 0.5) is 5.95 Å². The number of hydrogen-bond donors (Lipinski definition) is 6. The van der Waals surface area contributed by atoms with Crippen molar-refractivity contribution in [3.05, 3.63) is 89.6 Å². The average molecular weight is 811 g/mol. The summed E-state index contributed by atoms with van der Waals surface area (Å²) in [6.45, 7) is 4.43. The number of rotatable bonds is 6. The molecule has 4 aromatic rings. The minimum Gasteiger partial charge on any atom is -0.496 e. The van der Waals surface area contributed by atoms with Gasteiger partial charge in [-0.1, -0.05) is 50.2 Å². The molecule has 0 fully saturated rings. The van der Waals surface area contributed by atoms with Crippen molar-refractivity contribution in [1.82, 2.24) is 36.1 Å². The molecule has 3 atom stereocenters. The van der Waals surface area contributed by atoms with Gasteiger partial charge in [0.25, 0.3) is 11.8 Å². The monoisotopic (exact) mass is 810 g/mol. The number of carbonyl (C=O) groups is 5. The van der Waals surface area contributed by atoms with Crippen molar-refractivity contribution in [3.8, 4) is 34.3 Å². The number of aliphatic hydroxyl groups excluding tert-OH is 1. The number of fused-ring (bicyclic) bond motifs is 3. The van der Waals surface area contributed by atoms with Crippen LogP contribution in [-0.2, 0) is 20.9 Å². The minimum absolute atomic E-state index is 0.0469. The van der Waals surface area contributed by atoms with Gasteiger partial charge in [0.1, 0.15) is 23.6 Å². The number of benzene rings is 3. The molecule has 0 spiro atoms. The van der Waals surface area contributed by atoms with Crippen molar-refractivity contribution in [1.29, 1.82) is 0 Å². The number of aliphatic hydroxyl groups is 1. The molecule has 1 aliphatic rings. The van der Waals surface area contributed by atoms with Crippen molar-refractivity contribution < 1.29 is 43.3 Å². The number of amides is 5. The Labute approximate surface area is 342 Å². The molecular formula is C42H50N8O9. The summed E-state index contributed by atoms with van der Waals surface area (Å²) in [6, 6.07) is 16.1. The number of nitrogen functional groups attached to an aromatic ring is 1. The van der Waals surface area contributed by atoms with Crippen molar-refractivity contribution in [2.24, 2.45) is 5.92 Å². The second-order valence-electron chi connectivity index (χ2n) is 14.2.